The van der Waals surface area contributed by atoms with E-state index in [4.69, 9.17) is 5.73 Å². The number of aromatic nitrogens is 2. The maximum Gasteiger partial charge on any atom is 0.0521 e. The highest BCUT2D eigenvalue weighted by Crippen LogP contribution is 2.39. The van der Waals surface area contributed by atoms with E-state index in [-0.39, 0.29) is 0 Å². The van der Waals surface area contributed by atoms with E-state index in [0.29, 0.717) is 17.4 Å². The van der Waals surface area contributed by atoms with Gasteiger partial charge in [-0.1, -0.05) is 13.8 Å². The first-order valence-electron chi connectivity index (χ1n) is 6.69. The molecule has 1 aromatic rings. The Morgan fingerprint density at radius 1 is 1.53 bits per heavy atom. The van der Waals surface area contributed by atoms with E-state index < -0.39 is 0 Å². The number of rotatable bonds is 3. The molecule has 3 heteroatoms. The van der Waals surface area contributed by atoms with E-state index >= 15 is 0 Å². The molecular weight excluding hydrogens is 210 g/mol. The van der Waals surface area contributed by atoms with Crippen molar-refractivity contribution in [2.45, 2.75) is 52.0 Å². The molecule has 2 atom stereocenters. The summed E-state index contributed by atoms with van der Waals surface area (Å²) in [5.41, 5.74) is 8.07. The highest BCUT2D eigenvalue weighted by atomic mass is 15.2. The van der Waals surface area contributed by atoms with Crippen LogP contribution in [0.4, 0.5) is 0 Å². The molecule has 1 saturated carbocycles. The van der Waals surface area contributed by atoms with Crippen molar-refractivity contribution < 1.29 is 0 Å². The SMILES string of the molecule is Cn1cc(CCC2CC(C)(C)CCC2N)cn1. The molecule has 2 unspecified atom stereocenters. The molecule has 1 heterocycles. The van der Waals surface area contributed by atoms with E-state index in [2.05, 4.69) is 25.1 Å². The third-order valence-corrected chi connectivity index (χ3v) is 4.14. The van der Waals surface area contributed by atoms with Gasteiger partial charge in [0.2, 0.25) is 0 Å². The summed E-state index contributed by atoms with van der Waals surface area (Å²) < 4.78 is 1.88. The van der Waals surface area contributed by atoms with E-state index in [0.717, 1.165) is 6.42 Å². The number of nitrogens with zero attached hydrogens (tertiary/aromatic N) is 2. The summed E-state index contributed by atoms with van der Waals surface area (Å²) in [4.78, 5) is 0. The number of hydrogen-bond donors (Lipinski definition) is 1. The smallest absolute Gasteiger partial charge is 0.0521 e. The molecule has 1 aromatic heterocycles. The van der Waals surface area contributed by atoms with Crippen molar-refractivity contribution in [2.75, 3.05) is 0 Å². The summed E-state index contributed by atoms with van der Waals surface area (Å²) in [7, 11) is 1.97. The Balaban J connectivity index is 1.89. The molecule has 17 heavy (non-hydrogen) atoms. The first-order valence-corrected chi connectivity index (χ1v) is 6.69. The summed E-state index contributed by atoms with van der Waals surface area (Å²) in [6, 6.07) is 0.402. The van der Waals surface area contributed by atoms with Crippen LogP contribution in [0.25, 0.3) is 0 Å². The van der Waals surface area contributed by atoms with Crippen molar-refractivity contribution in [2.24, 2.45) is 24.1 Å². The van der Waals surface area contributed by atoms with Crippen LogP contribution < -0.4 is 5.73 Å². The fourth-order valence-electron chi connectivity index (χ4n) is 3.03. The minimum Gasteiger partial charge on any atom is -0.327 e. The van der Waals surface area contributed by atoms with Gasteiger partial charge in [0.05, 0.1) is 6.20 Å². The van der Waals surface area contributed by atoms with Crippen LogP contribution in [0.3, 0.4) is 0 Å². The molecule has 0 aliphatic heterocycles. The maximum atomic E-state index is 6.25. The van der Waals surface area contributed by atoms with Gasteiger partial charge in [-0.15, -0.1) is 0 Å². The molecule has 1 aliphatic rings. The first-order chi connectivity index (χ1) is 7.96. The van der Waals surface area contributed by atoms with Gasteiger partial charge in [0.15, 0.2) is 0 Å². The topological polar surface area (TPSA) is 43.8 Å². The number of nitrogens with two attached hydrogens (primary N) is 1. The molecule has 2 N–H and O–H groups in total. The second-order valence-corrected chi connectivity index (χ2v) is 6.39. The minimum atomic E-state index is 0.402. The van der Waals surface area contributed by atoms with Crippen LogP contribution in [0.5, 0.6) is 0 Å². The molecule has 0 saturated heterocycles. The lowest BCUT2D eigenvalue weighted by Gasteiger charge is -2.39. The fourth-order valence-corrected chi connectivity index (χ4v) is 3.03. The third-order valence-electron chi connectivity index (χ3n) is 4.14. The van der Waals surface area contributed by atoms with Gasteiger partial charge in [-0.25, -0.2) is 0 Å². The van der Waals surface area contributed by atoms with Gasteiger partial charge in [0.1, 0.15) is 0 Å². The Morgan fingerprint density at radius 3 is 2.94 bits per heavy atom. The van der Waals surface area contributed by atoms with Crippen molar-refractivity contribution in [1.82, 2.24) is 9.78 Å². The molecule has 0 spiro atoms. The molecule has 96 valence electrons. The molecule has 1 aliphatic carbocycles. The Kier molecular flexibility index (Phi) is 3.57. The second-order valence-electron chi connectivity index (χ2n) is 6.39. The summed E-state index contributed by atoms with van der Waals surface area (Å²) in [6.45, 7) is 4.74. The highest BCUT2D eigenvalue weighted by Gasteiger charge is 2.32. The molecular formula is C14H25N3. The van der Waals surface area contributed by atoms with E-state index in [1.165, 1.54) is 31.2 Å². The Bertz CT molecular complexity index is 367. The zero-order valence-corrected chi connectivity index (χ0v) is 11.3. The largest absolute Gasteiger partial charge is 0.327 e. The van der Waals surface area contributed by atoms with Crippen LogP contribution in [0, 0.1) is 11.3 Å². The maximum absolute atomic E-state index is 6.25. The molecule has 0 aromatic carbocycles. The van der Waals surface area contributed by atoms with Crippen LogP contribution >= 0.6 is 0 Å². The van der Waals surface area contributed by atoms with E-state index in [1.54, 1.807) is 0 Å². The van der Waals surface area contributed by atoms with Crippen molar-refractivity contribution in [1.29, 1.82) is 0 Å². The average Bonchev–Trinajstić information content (AvgIpc) is 2.66. The van der Waals surface area contributed by atoms with Gasteiger partial charge < -0.3 is 5.73 Å². The lowest BCUT2D eigenvalue weighted by molar-refractivity contribution is 0.151. The van der Waals surface area contributed by atoms with Gasteiger partial charge >= 0.3 is 0 Å². The summed E-state index contributed by atoms with van der Waals surface area (Å²) in [6.07, 6.45) is 10.1. The van der Waals surface area contributed by atoms with Crippen molar-refractivity contribution in [3.8, 4) is 0 Å². The standard InChI is InChI=1S/C14H25N3/c1-14(2)7-6-13(15)12(8-14)5-4-11-9-16-17(3)10-11/h9-10,12-13H,4-8,15H2,1-3H3. The second kappa shape index (κ2) is 4.81. The predicted octanol–water partition coefficient (Wildman–Crippen LogP) is 2.51. The molecule has 0 radical (unpaired) electrons. The minimum absolute atomic E-state index is 0.402. The third kappa shape index (κ3) is 3.32. The van der Waals surface area contributed by atoms with Crippen molar-refractivity contribution in [3.05, 3.63) is 18.0 Å². The van der Waals surface area contributed by atoms with Crippen LogP contribution in [0.1, 0.15) is 45.1 Å². The van der Waals surface area contributed by atoms with E-state index in [1.807, 2.05) is 17.9 Å². The van der Waals surface area contributed by atoms with Gasteiger partial charge in [-0.2, -0.15) is 5.10 Å². The first kappa shape index (κ1) is 12.6. The predicted molar refractivity (Wildman–Crippen MR) is 70.6 cm³/mol. The Labute approximate surface area is 104 Å². The van der Waals surface area contributed by atoms with Crippen LogP contribution in [-0.2, 0) is 13.5 Å². The molecule has 2 rings (SSSR count). The summed E-state index contributed by atoms with van der Waals surface area (Å²) in [5.74, 6) is 0.680. The summed E-state index contributed by atoms with van der Waals surface area (Å²) >= 11 is 0. The molecule has 0 amide bonds. The zero-order chi connectivity index (χ0) is 12.5. The van der Waals surface area contributed by atoms with Gasteiger partial charge in [0.25, 0.3) is 0 Å². The van der Waals surface area contributed by atoms with Gasteiger partial charge in [-0.05, 0) is 49.0 Å². The summed E-state index contributed by atoms with van der Waals surface area (Å²) in [5, 5.41) is 4.21. The number of aryl methyl sites for hydroxylation is 2. The quantitative estimate of drug-likeness (QED) is 0.875. The highest BCUT2D eigenvalue weighted by molar-refractivity contribution is 5.04. The molecule has 0 bridgehead atoms. The Hall–Kier alpha value is -0.830. The lowest BCUT2D eigenvalue weighted by Crippen LogP contribution is -2.39. The monoisotopic (exact) mass is 235 g/mol. The van der Waals surface area contributed by atoms with E-state index in [9.17, 15) is 0 Å². The lowest BCUT2D eigenvalue weighted by atomic mass is 9.69. The average molecular weight is 235 g/mol. The van der Waals surface area contributed by atoms with Crippen LogP contribution in [0.2, 0.25) is 0 Å². The van der Waals surface area contributed by atoms with Crippen molar-refractivity contribution >= 4 is 0 Å². The van der Waals surface area contributed by atoms with Gasteiger partial charge in [-0.3, -0.25) is 4.68 Å². The van der Waals surface area contributed by atoms with Crippen LogP contribution in [0.15, 0.2) is 12.4 Å². The zero-order valence-electron chi connectivity index (χ0n) is 11.3. The molecule has 1 fully saturated rings. The van der Waals surface area contributed by atoms with Crippen molar-refractivity contribution in [3.63, 3.8) is 0 Å². The number of hydrogen-bond acceptors (Lipinski definition) is 2. The van der Waals surface area contributed by atoms with Crippen LogP contribution in [-0.4, -0.2) is 15.8 Å². The molecule has 3 nitrogen and oxygen atoms in total. The Morgan fingerprint density at radius 2 is 2.29 bits per heavy atom. The normalized spacial score (nSPS) is 28.2. The fraction of sp³-hybridized carbons (Fsp3) is 0.786. The van der Waals surface area contributed by atoms with Gasteiger partial charge in [0, 0.05) is 19.3 Å².